The molecule has 42 valence electrons. The van der Waals surface area contributed by atoms with E-state index in [9.17, 15) is 0 Å². The van der Waals surface area contributed by atoms with E-state index in [1.807, 2.05) is 6.08 Å². The predicted octanol–water partition coefficient (Wildman–Crippen LogP) is 0.746. The Morgan fingerprint density at radius 3 is 2.88 bits per heavy atom. The maximum absolute atomic E-state index is 8.76. The Morgan fingerprint density at radius 1 is 1.75 bits per heavy atom. The van der Waals surface area contributed by atoms with Crippen LogP contribution in [0.15, 0.2) is 12.2 Å². The lowest BCUT2D eigenvalue weighted by Crippen LogP contribution is -2.16. The third-order valence-corrected chi connectivity index (χ3v) is 1.27. The van der Waals surface area contributed by atoms with Gasteiger partial charge in [-0.05, 0) is 12.2 Å². The Kier molecular flexibility index (Phi) is 1.39. The molecule has 0 aliphatic carbocycles. The Balaban J connectivity index is 2.80. The van der Waals surface area contributed by atoms with E-state index in [2.05, 4.69) is 0 Å². The molecule has 0 aromatic rings. The molecule has 0 spiro atoms. The Hall–Kier alpha value is -0.700. The maximum atomic E-state index is 8.76. The van der Waals surface area contributed by atoms with Crippen LogP contribution in [-0.2, 0) is 0 Å². The van der Waals surface area contributed by atoms with Crippen molar-refractivity contribution in [3.05, 3.63) is 12.2 Å². The fourth-order valence-electron chi connectivity index (χ4n) is 0.488. The van der Waals surface area contributed by atoms with Crippen LogP contribution < -0.4 is 0 Å². The smallest absolute Gasteiger partial charge is 0.284 e. The SMILES string of the molecule is O[N+]1=CC=CCC1=S. The second-order valence-corrected chi connectivity index (χ2v) is 1.99. The molecule has 1 N–H and O–H groups in total. The van der Waals surface area contributed by atoms with Gasteiger partial charge in [0.25, 0.3) is 0 Å². The predicted molar refractivity (Wildman–Crippen MR) is 34.5 cm³/mol. The molecule has 8 heavy (non-hydrogen) atoms. The molecule has 0 unspecified atom stereocenters. The minimum Gasteiger partial charge on any atom is -0.284 e. The molecule has 0 atom stereocenters. The van der Waals surface area contributed by atoms with Crippen molar-refractivity contribution in [3.63, 3.8) is 0 Å². The van der Waals surface area contributed by atoms with Crippen LogP contribution in [0.2, 0.25) is 0 Å². The number of hydrogen-bond acceptors (Lipinski definition) is 2. The maximum Gasteiger partial charge on any atom is 0.301 e. The summed E-state index contributed by atoms with van der Waals surface area (Å²) in [5.41, 5.74) is 0. The highest BCUT2D eigenvalue weighted by Crippen LogP contribution is 1.92. The second kappa shape index (κ2) is 2.05. The first-order chi connectivity index (χ1) is 3.80. The largest absolute Gasteiger partial charge is 0.301 e. The van der Waals surface area contributed by atoms with E-state index in [4.69, 9.17) is 17.4 Å². The molecule has 1 heterocycles. The highest BCUT2D eigenvalue weighted by atomic mass is 32.1. The molecule has 2 nitrogen and oxygen atoms in total. The van der Waals surface area contributed by atoms with Gasteiger partial charge in [0.15, 0.2) is 0 Å². The van der Waals surface area contributed by atoms with Gasteiger partial charge in [0.05, 0.1) is 6.42 Å². The zero-order chi connectivity index (χ0) is 5.98. The van der Waals surface area contributed by atoms with E-state index in [-0.39, 0.29) is 0 Å². The van der Waals surface area contributed by atoms with Crippen LogP contribution in [0.5, 0.6) is 0 Å². The summed E-state index contributed by atoms with van der Waals surface area (Å²) in [4.78, 5) is 0.549. The number of hydroxylamine groups is 1. The summed E-state index contributed by atoms with van der Waals surface area (Å²) < 4.78 is 0.954. The average molecular weight is 128 g/mol. The molecule has 0 aromatic heterocycles. The first-order valence-electron chi connectivity index (χ1n) is 2.31. The van der Waals surface area contributed by atoms with Gasteiger partial charge in [0, 0.05) is 10.8 Å². The summed E-state index contributed by atoms with van der Waals surface area (Å²) in [5, 5.41) is 8.76. The highest BCUT2D eigenvalue weighted by Gasteiger charge is 2.10. The second-order valence-electron chi connectivity index (χ2n) is 1.52. The third kappa shape index (κ3) is 0.924. The van der Waals surface area contributed by atoms with E-state index in [0.717, 1.165) is 4.74 Å². The first kappa shape index (κ1) is 5.44. The standard InChI is InChI=1S/C5H6NOS/c7-6-4-2-1-3-5(6)8/h1-2,4,7H,3H2/q+1. The van der Waals surface area contributed by atoms with Crippen molar-refractivity contribution in [1.82, 2.24) is 0 Å². The average Bonchev–Trinajstić information content (AvgIpc) is 1.77. The quantitative estimate of drug-likeness (QED) is 0.295. The molecule has 1 aliphatic rings. The number of allylic oxidation sites excluding steroid dienone is 1. The lowest BCUT2D eigenvalue weighted by atomic mass is 10.3. The van der Waals surface area contributed by atoms with Crippen molar-refractivity contribution < 1.29 is 9.95 Å². The van der Waals surface area contributed by atoms with Crippen molar-refractivity contribution in [1.29, 1.82) is 0 Å². The molecule has 1 rings (SSSR count). The summed E-state index contributed by atoms with van der Waals surface area (Å²) in [6.45, 7) is 0. The first-order valence-corrected chi connectivity index (χ1v) is 2.72. The molecule has 0 fully saturated rings. The van der Waals surface area contributed by atoms with Crippen LogP contribution >= 0.6 is 12.2 Å². The van der Waals surface area contributed by atoms with Crippen molar-refractivity contribution in [2.45, 2.75) is 6.42 Å². The number of thiocarbonyl (C=S) groups is 1. The summed E-state index contributed by atoms with van der Waals surface area (Å²) in [7, 11) is 0. The van der Waals surface area contributed by atoms with E-state index in [1.165, 1.54) is 6.21 Å². The normalized spacial score (nSPS) is 18.5. The van der Waals surface area contributed by atoms with Crippen LogP contribution in [0.1, 0.15) is 6.42 Å². The van der Waals surface area contributed by atoms with Crippen molar-refractivity contribution in [2.75, 3.05) is 0 Å². The molecule has 0 amide bonds. The lowest BCUT2D eigenvalue weighted by molar-refractivity contribution is -0.684. The van der Waals surface area contributed by atoms with Gasteiger partial charge in [-0.2, -0.15) is 0 Å². The molecule has 3 heteroatoms. The van der Waals surface area contributed by atoms with Crippen LogP contribution in [0, 0.1) is 0 Å². The van der Waals surface area contributed by atoms with Gasteiger partial charge in [-0.3, -0.25) is 5.21 Å². The number of hydrogen-bond donors (Lipinski definition) is 1. The summed E-state index contributed by atoms with van der Waals surface area (Å²) >= 11 is 4.72. The van der Waals surface area contributed by atoms with Crippen LogP contribution in [0.25, 0.3) is 0 Å². The van der Waals surface area contributed by atoms with Gasteiger partial charge in [-0.15, -0.1) is 0 Å². The van der Waals surface area contributed by atoms with Gasteiger partial charge in [-0.1, -0.05) is 6.08 Å². The van der Waals surface area contributed by atoms with Crippen LogP contribution in [0.4, 0.5) is 0 Å². The fraction of sp³-hybridized carbons (Fsp3) is 0.200. The highest BCUT2D eigenvalue weighted by molar-refractivity contribution is 7.80. The minimum absolute atomic E-state index is 0.549. The number of nitrogens with zero attached hydrogens (tertiary/aromatic N) is 1. The third-order valence-electron chi connectivity index (χ3n) is 0.911. The van der Waals surface area contributed by atoms with E-state index in [0.29, 0.717) is 11.4 Å². The Morgan fingerprint density at radius 2 is 2.50 bits per heavy atom. The summed E-state index contributed by atoms with van der Waals surface area (Å²) in [6.07, 6.45) is 5.85. The summed E-state index contributed by atoms with van der Waals surface area (Å²) in [6, 6.07) is 0. The van der Waals surface area contributed by atoms with Crippen LogP contribution in [-0.4, -0.2) is 21.1 Å². The molecular formula is C5H6NOS+. The van der Waals surface area contributed by atoms with Crippen LogP contribution in [0.3, 0.4) is 0 Å². The minimum atomic E-state index is 0.549. The molecule has 1 aliphatic heterocycles. The zero-order valence-corrected chi connectivity index (χ0v) is 5.06. The molecule has 0 saturated carbocycles. The molecular weight excluding hydrogens is 122 g/mol. The van der Waals surface area contributed by atoms with Gasteiger partial charge in [0.1, 0.15) is 0 Å². The van der Waals surface area contributed by atoms with E-state index in [1.54, 1.807) is 6.08 Å². The van der Waals surface area contributed by atoms with Crippen molar-refractivity contribution in [2.24, 2.45) is 0 Å². The van der Waals surface area contributed by atoms with Gasteiger partial charge in [-0.25, -0.2) is 0 Å². The van der Waals surface area contributed by atoms with Gasteiger partial charge >= 0.3 is 4.99 Å². The van der Waals surface area contributed by atoms with E-state index >= 15 is 0 Å². The molecule has 0 radical (unpaired) electrons. The van der Waals surface area contributed by atoms with E-state index < -0.39 is 0 Å². The van der Waals surface area contributed by atoms with Crippen molar-refractivity contribution >= 4 is 23.4 Å². The topological polar surface area (TPSA) is 23.2 Å². The Bertz CT molecular complexity index is 171. The fourth-order valence-corrected chi connectivity index (χ4v) is 0.645. The molecule has 0 aromatic carbocycles. The molecule has 0 bridgehead atoms. The van der Waals surface area contributed by atoms with Crippen molar-refractivity contribution in [3.8, 4) is 0 Å². The number of rotatable bonds is 0. The Labute approximate surface area is 52.7 Å². The summed E-state index contributed by atoms with van der Waals surface area (Å²) in [5.74, 6) is 0. The van der Waals surface area contributed by atoms with Gasteiger partial charge < -0.3 is 0 Å². The zero-order valence-electron chi connectivity index (χ0n) is 4.24. The van der Waals surface area contributed by atoms with Gasteiger partial charge in [0.2, 0.25) is 6.21 Å². The lowest BCUT2D eigenvalue weighted by Gasteiger charge is -1.91. The monoisotopic (exact) mass is 128 g/mol. The molecule has 0 saturated heterocycles.